The highest BCUT2D eigenvalue weighted by Crippen LogP contribution is 2.32. The van der Waals surface area contributed by atoms with Gasteiger partial charge in [0.1, 0.15) is 5.82 Å². The van der Waals surface area contributed by atoms with Crippen molar-refractivity contribution < 1.29 is 4.39 Å². The molecule has 0 bridgehead atoms. The second-order valence-corrected chi connectivity index (χ2v) is 7.16. The van der Waals surface area contributed by atoms with Gasteiger partial charge >= 0.3 is 0 Å². The van der Waals surface area contributed by atoms with Gasteiger partial charge in [-0.05, 0) is 66.3 Å². The number of nitrogens with one attached hydrogen (secondary N) is 1. The van der Waals surface area contributed by atoms with Gasteiger partial charge in [-0.25, -0.2) is 4.39 Å². The molecule has 1 aliphatic rings. The SMILES string of the molecule is Fc1ccc([C@@H]2CCNC[C@H]2/C=C/c2cc(Br)ccc2Cl)cc1. The summed E-state index contributed by atoms with van der Waals surface area (Å²) < 4.78 is 14.2. The molecule has 0 spiro atoms. The van der Waals surface area contributed by atoms with Crippen LogP contribution in [0.5, 0.6) is 0 Å². The Hall–Kier alpha value is -1.16. The van der Waals surface area contributed by atoms with Gasteiger partial charge in [0.2, 0.25) is 0 Å². The summed E-state index contributed by atoms with van der Waals surface area (Å²) in [6.07, 6.45) is 5.35. The number of hydrogen-bond acceptors (Lipinski definition) is 1. The minimum absolute atomic E-state index is 0.185. The third-order valence-electron chi connectivity index (χ3n) is 4.31. The first kappa shape index (κ1) is 16.7. The van der Waals surface area contributed by atoms with Crippen molar-refractivity contribution in [1.29, 1.82) is 0 Å². The second kappa shape index (κ2) is 7.61. The van der Waals surface area contributed by atoms with Gasteiger partial charge in [-0.2, -0.15) is 0 Å². The molecule has 0 aromatic heterocycles. The smallest absolute Gasteiger partial charge is 0.123 e. The Balaban J connectivity index is 1.82. The zero-order chi connectivity index (χ0) is 16.2. The monoisotopic (exact) mass is 393 g/mol. The van der Waals surface area contributed by atoms with E-state index in [4.69, 9.17) is 11.6 Å². The van der Waals surface area contributed by atoms with Crippen LogP contribution in [0.3, 0.4) is 0 Å². The van der Waals surface area contributed by atoms with Crippen molar-refractivity contribution in [2.45, 2.75) is 12.3 Å². The Morgan fingerprint density at radius 1 is 1.17 bits per heavy atom. The van der Waals surface area contributed by atoms with E-state index in [1.165, 1.54) is 5.56 Å². The Kier molecular flexibility index (Phi) is 5.52. The van der Waals surface area contributed by atoms with Gasteiger partial charge in [0.25, 0.3) is 0 Å². The lowest BCUT2D eigenvalue weighted by Crippen LogP contribution is -2.34. The number of halogens is 3. The Labute approximate surface area is 149 Å². The lowest BCUT2D eigenvalue weighted by atomic mass is 9.81. The van der Waals surface area contributed by atoms with Gasteiger partial charge in [-0.1, -0.05) is 51.8 Å². The van der Waals surface area contributed by atoms with Crippen LogP contribution in [0.15, 0.2) is 53.0 Å². The fourth-order valence-corrected chi connectivity index (χ4v) is 3.64. The molecule has 0 amide bonds. The van der Waals surface area contributed by atoms with Gasteiger partial charge < -0.3 is 5.32 Å². The first-order valence-electron chi connectivity index (χ1n) is 7.73. The normalized spacial score (nSPS) is 21.7. The van der Waals surface area contributed by atoms with E-state index >= 15 is 0 Å². The van der Waals surface area contributed by atoms with Gasteiger partial charge in [0.05, 0.1) is 0 Å². The van der Waals surface area contributed by atoms with Crippen LogP contribution in [0.4, 0.5) is 4.39 Å². The molecule has 3 rings (SSSR count). The summed E-state index contributed by atoms with van der Waals surface area (Å²) in [5.74, 6) is 0.582. The first-order valence-corrected chi connectivity index (χ1v) is 8.90. The number of rotatable bonds is 3. The van der Waals surface area contributed by atoms with E-state index in [1.807, 2.05) is 30.3 Å². The van der Waals surface area contributed by atoms with Crippen LogP contribution < -0.4 is 5.32 Å². The highest BCUT2D eigenvalue weighted by molar-refractivity contribution is 9.10. The topological polar surface area (TPSA) is 12.0 Å². The molecule has 1 nitrogen and oxygen atoms in total. The van der Waals surface area contributed by atoms with Gasteiger partial charge in [0.15, 0.2) is 0 Å². The fraction of sp³-hybridized carbons (Fsp3) is 0.263. The minimum atomic E-state index is -0.185. The maximum atomic E-state index is 13.2. The molecule has 1 saturated heterocycles. The van der Waals surface area contributed by atoms with Crippen LogP contribution in [0.25, 0.3) is 6.08 Å². The van der Waals surface area contributed by atoms with E-state index in [0.717, 1.165) is 34.6 Å². The van der Waals surface area contributed by atoms with Crippen LogP contribution in [0.1, 0.15) is 23.5 Å². The average molecular weight is 395 g/mol. The summed E-state index contributed by atoms with van der Waals surface area (Å²) in [6.45, 7) is 1.91. The molecule has 4 heteroatoms. The summed E-state index contributed by atoms with van der Waals surface area (Å²) in [6, 6.07) is 12.7. The number of hydrogen-bond donors (Lipinski definition) is 1. The van der Waals surface area contributed by atoms with Crippen LogP contribution in [-0.4, -0.2) is 13.1 Å². The predicted octanol–water partition coefficient (Wildman–Crippen LogP) is 5.65. The predicted molar refractivity (Wildman–Crippen MR) is 98.3 cm³/mol. The third kappa shape index (κ3) is 4.23. The minimum Gasteiger partial charge on any atom is -0.316 e. The van der Waals surface area contributed by atoms with E-state index in [9.17, 15) is 4.39 Å². The second-order valence-electron chi connectivity index (χ2n) is 5.84. The lowest BCUT2D eigenvalue weighted by Gasteiger charge is -2.30. The van der Waals surface area contributed by atoms with Crippen molar-refractivity contribution in [3.05, 3.63) is 75.0 Å². The molecule has 1 aliphatic heterocycles. The zero-order valence-corrected chi connectivity index (χ0v) is 14.9. The van der Waals surface area contributed by atoms with Crippen molar-refractivity contribution in [1.82, 2.24) is 5.32 Å². The number of piperidine rings is 1. The molecule has 2 aromatic carbocycles. The molecule has 0 radical (unpaired) electrons. The molecule has 0 saturated carbocycles. The molecule has 2 atom stereocenters. The summed E-state index contributed by atoms with van der Waals surface area (Å²) in [7, 11) is 0. The van der Waals surface area contributed by atoms with Crippen molar-refractivity contribution >= 4 is 33.6 Å². The van der Waals surface area contributed by atoms with Crippen molar-refractivity contribution in [3.63, 3.8) is 0 Å². The van der Waals surface area contributed by atoms with E-state index < -0.39 is 0 Å². The van der Waals surface area contributed by atoms with Gasteiger partial charge in [0, 0.05) is 16.0 Å². The Morgan fingerprint density at radius 2 is 1.96 bits per heavy atom. The van der Waals surface area contributed by atoms with E-state index in [0.29, 0.717) is 11.8 Å². The molecule has 120 valence electrons. The Morgan fingerprint density at radius 3 is 2.74 bits per heavy atom. The summed E-state index contributed by atoms with van der Waals surface area (Å²) in [5.41, 5.74) is 2.20. The first-order chi connectivity index (χ1) is 11.1. The van der Waals surface area contributed by atoms with E-state index in [1.54, 1.807) is 12.1 Å². The summed E-state index contributed by atoms with van der Waals surface area (Å²) in [4.78, 5) is 0. The quantitative estimate of drug-likeness (QED) is 0.709. The maximum Gasteiger partial charge on any atom is 0.123 e. The van der Waals surface area contributed by atoms with Crippen molar-refractivity contribution in [2.24, 2.45) is 5.92 Å². The molecule has 1 heterocycles. The van der Waals surface area contributed by atoms with E-state index in [-0.39, 0.29) is 5.82 Å². The highest BCUT2D eigenvalue weighted by atomic mass is 79.9. The van der Waals surface area contributed by atoms with Crippen LogP contribution in [0.2, 0.25) is 5.02 Å². The highest BCUT2D eigenvalue weighted by Gasteiger charge is 2.24. The molecule has 2 aromatic rings. The van der Waals surface area contributed by atoms with Crippen LogP contribution in [0, 0.1) is 11.7 Å². The largest absolute Gasteiger partial charge is 0.316 e. The maximum absolute atomic E-state index is 13.2. The third-order valence-corrected chi connectivity index (χ3v) is 5.15. The number of benzene rings is 2. The van der Waals surface area contributed by atoms with Crippen molar-refractivity contribution in [2.75, 3.05) is 13.1 Å². The Bertz CT molecular complexity index is 699. The van der Waals surface area contributed by atoms with Gasteiger partial charge in [-0.15, -0.1) is 0 Å². The summed E-state index contributed by atoms with van der Waals surface area (Å²) >= 11 is 9.73. The zero-order valence-electron chi connectivity index (χ0n) is 12.6. The standard InChI is InChI=1S/C19H18BrClFN/c20-16-5-8-19(21)14(11-16)1-2-15-12-23-10-9-18(15)13-3-6-17(22)7-4-13/h1-8,11,15,18,23H,9-10,12H2/b2-1+/t15-,18+/m1/s1. The molecule has 1 N–H and O–H groups in total. The van der Waals surface area contributed by atoms with Crippen molar-refractivity contribution in [3.8, 4) is 0 Å². The summed E-state index contributed by atoms with van der Waals surface area (Å²) in [5, 5.41) is 4.18. The molecule has 1 fully saturated rings. The van der Waals surface area contributed by atoms with Crippen LogP contribution in [-0.2, 0) is 0 Å². The molecular weight excluding hydrogens is 377 g/mol. The average Bonchev–Trinajstić information content (AvgIpc) is 2.57. The van der Waals surface area contributed by atoms with Crippen LogP contribution >= 0.6 is 27.5 Å². The molecule has 0 unspecified atom stereocenters. The van der Waals surface area contributed by atoms with E-state index in [2.05, 4.69) is 33.4 Å². The van der Waals surface area contributed by atoms with Gasteiger partial charge in [-0.3, -0.25) is 0 Å². The fourth-order valence-electron chi connectivity index (χ4n) is 3.08. The molecular formula is C19H18BrClFN. The lowest BCUT2D eigenvalue weighted by molar-refractivity contribution is 0.381. The molecule has 0 aliphatic carbocycles. The molecule has 23 heavy (non-hydrogen) atoms.